The monoisotopic (exact) mass is 460 g/mol. The van der Waals surface area contributed by atoms with Crippen LogP contribution in [-0.4, -0.2) is 48.0 Å². The zero-order valence-electron chi connectivity index (χ0n) is 17.9. The molecule has 1 N–H and O–H groups in total. The van der Waals surface area contributed by atoms with Gasteiger partial charge in [0.05, 0.1) is 24.5 Å². The predicted molar refractivity (Wildman–Crippen MR) is 119 cm³/mol. The van der Waals surface area contributed by atoms with E-state index in [1.165, 1.54) is 28.2 Å². The lowest BCUT2D eigenvalue weighted by Gasteiger charge is -2.36. The van der Waals surface area contributed by atoms with Crippen molar-refractivity contribution in [1.29, 1.82) is 0 Å². The van der Waals surface area contributed by atoms with E-state index in [-0.39, 0.29) is 12.3 Å². The first-order valence-electron chi connectivity index (χ1n) is 10.9. The van der Waals surface area contributed by atoms with Crippen molar-refractivity contribution in [2.24, 2.45) is 7.05 Å². The van der Waals surface area contributed by atoms with Gasteiger partial charge < -0.3 is 15.3 Å². The second-order valence-electron chi connectivity index (χ2n) is 8.58. The highest BCUT2D eigenvalue weighted by molar-refractivity contribution is 7.91. The number of hydrogen-bond donors (Lipinski definition) is 1. The SMILES string of the molecule is Cn1cc(N(C2CCOC2)S(=O)(=O)N([O-])C(=O)Nc2c3c(cc4c2CCC4)CCC3)cn1. The van der Waals surface area contributed by atoms with Crippen molar-refractivity contribution in [3.63, 3.8) is 0 Å². The van der Waals surface area contributed by atoms with Crippen LogP contribution in [0.15, 0.2) is 18.5 Å². The maximum Gasteiger partial charge on any atom is 0.326 e. The molecule has 5 rings (SSSR count). The van der Waals surface area contributed by atoms with Gasteiger partial charge in [0.25, 0.3) is 0 Å². The van der Waals surface area contributed by atoms with Crippen LogP contribution in [0, 0.1) is 5.21 Å². The minimum atomic E-state index is -4.71. The molecule has 0 radical (unpaired) electrons. The lowest BCUT2D eigenvalue weighted by atomic mass is 9.99. The molecule has 0 bridgehead atoms. The molecule has 1 aromatic carbocycles. The third-order valence-corrected chi connectivity index (χ3v) is 8.10. The molecule has 172 valence electrons. The smallest absolute Gasteiger partial charge is 0.326 e. The van der Waals surface area contributed by atoms with Crippen molar-refractivity contribution in [1.82, 2.24) is 14.2 Å². The van der Waals surface area contributed by atoms with E-state index in [1.54, 1.807) is 7.05 Å². The summed E-state index contributed by atoms with van der Waals surface area (Å²) in [6.45, 7) is 0.521. The molecule has 0 spiro atoms. The molecular weight excluding hydrogens is 434 g/mol. The van der Waals surface area contributed by atoms with Crippen molar-refractivity contribution in [2.45, 2.75) is 51.0 Å². The van der Waals surface area contributed by atoms with Gasteiger partial charge in [-0.25, -0.2) is 9.10 Å². The summed E-state index contributed by atoms with van der Waals surface area (Å²) in [5.41, 5.74) is 5.27. The highest BCUT2D eigenvalue weighted by Crippen LogP contribution is 2.39. The Bertz CT molecular complexity index is 1120. The van der Waals surface area contributed by atoms with Crippen molar-refractivity contribution >= 4 is 27.6 Å². The Labute approximate surface area is 186 Å². The number of hydroxylamine groups is 1. The van der Waals surface area contributed by atoms with Gasteiger partial charge in [-0.3, -0.25) is 9.15 Å². The lowest BCUT2D eigenvalue weighted by molar-refractivity contribution is 0.194. The Kier molecular flexibility index (Phi) is 5.34. The van der Waals surface area contributed by atoms with Crippen molar-refractivity contribution in [2.75, 3.05) is 22.8 Å². The van der Waals surface area contributed by atoms with E-state index in [1.807, 2.05) is 0 Å². The van der Waals surface area contributed by atoms with Crippen molar-refractivity contribution in [3.05, 3.63) is 45.9 Å². The van der Waals surface area contributed by atoms with Crippen LogP contribution in [0.3, 0.4) is 0 Å². The Morgan fingerprint density at radius 2 is 1.91 bits per heavy atom. The molecule has 11 heteroatoms. The minimum absolute atomic E-state index is 0.142. The van der Waals surface area contributed by atoms with Crippen LogP contribution in [0.2, 0.25) is 0 Å². The first kappa shape index (κ1) is 21.2. The number of urea groups is 1. The molecule has 3 aliphatic rings. The van der Waals surface area contributed by atoms with Crippen LogP contribution in [-0.2, 0) is 47.7 Å². The number of hydrogen-bond acceptors (Lipinski definition) is 6. The van der Waals surface area contributed by atoms with Gasteiger partial charge in [0, 0.05) is 25.5 Å². The van der Waals surface area contributed by atoms with Gasteiger partial charge in [-0.2, -0.15) is 13.5 Å². The van der Waals surface area contributed by atoms with Crippen LogP contribution < -0.4 is 9.62 Å². The topological polar surface area (TPSA) is 120 Å². The predicted octanol–water partition coefficient (Wildman–Crippen LogP) is 2.27. The molecule has 1 atom stereocenters. The first-order chi connectivity index (χ1) is 15.4. The van der Waals surface area contributed by atoms with E-state index in [2.05, 4.69) is 16.5 Å². The van der Waals surface area contributed by atoms with Gasteiger partial charge in [-0.15, -0.1) is 0 Å². The fraction of sp³-hybridized carbons (Fsp3) is 0.524. The van der Waals surface area contributed by atoms with Crippen LogP contribution in [0.1, 0.15) is 41.5 Å². The molecule has 1 aliphatic heterocycles. The number of fused-ring (bicyclic) bond motifs is 2. The highest BCUT2D eigenvalue weighted by Gasteiger charge is 2.37. The first-order valence-corrected chi connectivity index (χ1v) is 12.3. The summed E-state index contributed by atoms with van der Waals surface area (Å²) in [4.78, 5) is 13.0. The fourth-order valence-electron chi connectivity index (χ4n) is 5.07. The Morgan fingerprint density at radius 3 is 2.47 bits per heavy atom. The summed E-state index contributed by atoms with van der Waals surface area (Å²) in [6.07, 6.45) is 8.73. The van der Waals surface area contributed by atoms with Crippen LogP contribution in [0.25, 0.3) is 0 Å². The van der Waals surface area contributed by atoms with Crippen LogP contribution in [0.4, 0.5) is 16.2 Å². The average molecular weight is 461 g/mol. The quantitative estimate of drug-likeness (QED) is 0.684. The zero-order valence-corrected chi connectivity index (χ0v) is 18.7. The van der Waals surface area contributed by atoms with E-state index in [0.29, 0.717) is 18.7 Å². The van der Waals surface area contributed by atoms with Gasteiger partial charge in [-0.1, -0.05) is 6.07 Å². The molecule has 0 saturated carbocycles. The summed E-state index contributed by atoms with van der Waals surface area (Å²) in [7, 11) is -3.06. The summed E-state index contributed by atoms with van der Waals surface area (Å²) in [6, 6.07) is 0.418. The second kappa shape index (κ2) is 8.05. The Morgan fingerprint density at radius 1 is 1.22 bits per heavy atom. The lowest BCUT2D eigenvalue weighted by Crippen LogP contribution is -2.50. The summed E-state index contributed by atoms with van der Waals surface area (Å²) in [5, 5.41) is 19.6. The molecule has 1 unspecified atom stereocenters. The molecule has 1 fully saturated rings. The van der Waals surface area contributed by atoms with E-state index in [9.17, 15) is 18.4 Å². The van der Waals surface area contributed by atoms with Crippen LogP contribution >= 0.6 is 0 Å². The van der Waals surface area contributed by atoms with E-state index < -0.39 is 26.8 Å². The number of carbonyl (C=O) groups excluding carboxylic acids is 1. The van der Waals surface area contributed by atoms with Gasteiger partial charge in [-0.05, 0) is 67.2 Å². The molecule has 2 aromatic rings. The molecule has 10 nitrogen and oxygen atoms in total. The highest BCUT2D eigenvalue weighted by atomic mass is 32.2. The second-order valence-corrected chi connectivity index (χ2v) is 10.2. The number of anilines is 2. The van der Waals surface area contributed by atoms with E-state index >= 15 is 0 Å². The number of carbonyl (C=O) groups is 1. The molecule has 32 heavy (non-hydrogen) atoms. The normalized spacial score (nSPS) is 19.6. The summed E-state index contributed by atoms with van der Waals surface area (Å²) < 4.78 is 33.9. The third-order valence-electron chi connectivity index (χ3n) is 6.51. The largest absolute Gasteiger partial charge is 0.740 e. The number of aromatic nitrogens is 2. The van der Waals surface area contributed by atoms with E-state index in [4.69, 9.17) is 4.74 Å². The molecule has 2 aliphatic carbocycles. The maximum absolute atomic E-state index is 13.3. The van der Waals surface area contributed by atoms with Gasteiger partial charge in [0.1, 0.15) is 0 Å². The average Bonchev–Trinajstić information content (AvgIpc) is 3.55. The number of rotatable bonds is 5. The summed E-state index contributed by atoms with van der Waals surface area (Å²) >= 11 is 0. The number of ether oxygens (including phenoxy) is 1. The van der Waals surface area contributed by atoms with Gasteiger partial charge in [0.2, 0.25) is 0 Å². The fourth-order valence-corrected chi connectivity index (χ4v) is 6.38. The van der Waals surface area contributed by atoms with Crippen molar-refractivity contribution in [3.8, 4) is 0 Å². The molecule has 1 saturated heterocycles. The number of aryl methyl sites for hydroxylation is 3. The van der Waals surface area contributed by atoms with Gasteiger partial charge in [0.15, 0.2) is 0 Å². The summed E-state index contributed by atoms with van der Waals surface area (Å²) in [5.74, 6) is 0. The molecule has 2 amide bonds. The number of amides is 2. The number of nitrogens with zero attached hydrogens (tertiary/aromatic N) is 4. The standard InChI is InChI=1S/C21H26N5O5S/c1-24-12-17(11-22-24)25(16-8-9-31-13-16)32(29,30)26(28)21(27)23-20-18-6-2-4-14(18)10-15-5-3-7-19(15)20/h10-12,16H,2-9,13H2,1H3,(H,23,27)/q-1. The molecule has 1 aromatic heterocycles. The molecular formula is C21H26N5O5S-. The molecule has 2 heterocycles. The van der Waals surface area contributed by atoms with Crippen LogP contribution in [0.5, 0.6) is 0 Å². The Hall–Kier alpha value is -2.63. The minimum Gasteiger partial charge on any atom is -0.740 e. The van der Waals surface area contributed by atoms with E-state index in [0.717, 1.165) is 54.0 Å². The zero-order chi connectivity index (χ0) is 22.5. The maximum atomic E-state index is 13.3. The Balaban J connectivity index is 1.46. The number of benzene rings is 1. The third kappa shape index (κ3) is 3.54. The van der Waals surface area contributed by atoms with Gasteiger partial charge >= 0.3 is 16.2 Å². The van der Waals surface area contributed by atoms with Crippen molar-refractivity contribution < 1.29 is 17.9 Å². The number of nitrogens with one attached hydrogen (secondary N) is 1.